The number of hydrogen-bond acceptors (Lipinski definition) is 6. The zero-order chi connectivity index (χ0) is 18.4. The summed E-state index contributed by atoms with van der Waals surface area (Å²) in [5.41, 5.74) is 0.153. The Morgan fingerprint density at radius 1 is 1.16 bits per heavy atom. The third-order valence-corrected chi connectivity index (χ3v) is 3.31. The lowest BCUT2D eigenvalue weighted by Crippen LogP contribution is -2.30. The molecule has 1 N–H and O–H groups in total. The number of anilines is 1. The topological polar surface area (TPSA) is 108 Å². The summed E-state index contributed by atoms with van der Waals surface area (Å²) < 4.78 is 9.93. The van der Waals surface area contributed by atoms with Crippen LogP contribution in [0.25, 0.3) is 0 Å². The number of nitro groups is 1. The Labute approximate surface area is 143 Å². The molecule has 0 spiro atoms. The van der Waals surface area contributed by atoms with Gasteiger partial charge in [0.25, 0.3) is 5.91 Å². The molecule has 0 heterocycles. The number of carbonyl (C=O) groups is 2. The summed E-state index contributed by atoms with van der Waals surface area (Å²) >= 11 is 0. The lowest BCUT2D eigenvalue weighted by Gasteiger charge is -2.13. The average Bonchev–Trinajstić information content (AvgIpc) is 2.61. The van der Waals surface area contributed by atoms with Crippen molar-refractivity contribution < 1.29 is 24.0 Å². The molecule has 130 valence electrons. The van der Waals surface area contributed by atoms with E-state index in [1.54, 1.807) is 30.3 Å². The van der Waals surface area contributed by atoms with Crippen LogP contribution in [0.5, 0.6) is 5.75 Å². The van der Waals surface area contributed by atoms with Crippen molar-refractivity contribution in [3.05, 3.63) is 64.2 Å². The van der Waals surface area contributed by atoms with Crippen LogP contribution in [0.3, 0.4) is 0 Å². The molecular formula is C17H16N2O6. The molecule has 1 amide bonds. The molecule has 0 saturated heterocycles. The van der Waals surface area contributed by atoms with E-state index in [0.29, 0.717) is 5.69 Å². The molecule has 2 aromatic carbocycles. The molecular weight excluding hydrogens is 328 g/mol. The highest BCUT2D eigenvalue weighted by molar-refractivity contribution is 5.97. The SMILES string of the molecule is COc1ccc(C(=O)OC(C)C(=O)Nc2ccccc2)cc1[N+](=O)[O-]. The summed E-state index contributed by atoms with van der Waals surface area (Å²) in [7, 11) is 1.29. The van der Waals surface area contributed by atoms with Crippen molar-refractivity contribution in [1.82, 2.24) is 0 Å². The monoisotopic (exact) mass is 344 g/mol. The number of nitrogens with one attached hydrogen (secondary N) is 1. The van der Waals surface area contributed by atoms with Crippen molar-refractivity contribution >= 4 is 23.3 Å². The smallest absolute Gasteiger partial charge is 0.339 e. The van der Waals surface area contributed by atoms with Gasteiger partial charge in [-0.2, -0.15) is 0 Å². The van der Waals surface area contributed by atoms with Crippen molar-refractivity contribution in [3.63, 3.8) is 0 Å². The minimum Gasteiger partial charge on any atom is -0.490 e. The molecule has 0 fully saturated rings. The first-order valence-corrected chi connectivity index (χ1v) is 7.31. The molecule has 0 aliphatic rings. The Balaban J connectivity index is 2.07. The molecule has 0 aliphatic carbocycles. The summed E-state index contributed by atoms with van der Waals surface area (Å²) in [6.45, 7) is 1.41. The first-order chi connectivity index (χ1) is 11.9. The number of para-hydroxylation sites is 1. The van der Waals surface area contributed by atoms with Crippen LogP contribution < -0.4 is 10.1 Å². The van der Waals surface area contributed by atoms with E-state index in [1.807, 2.05) is 0 Å². The highest BCUT2D eigenvalue weighted by Crippen LogP contribution is 2.27. The van der Waals surface area contributed by atoms with Crippen molar-refractivity contribution in [2.24, 2.45) is 0 Å². The number of methoxy groups -OCH3 is 1. The maximum Gasteiger partial charge on any atom is 0.339 e. The van der Waals surface area contributed by atoms with Gasteiger partial charge in [-0.05, 0) is 31.2 Å². The zero-order valence-electron chi connectivity index (χ0n) is 13.6. The number of nitro benzene ring substituents is 1. The predicted molar refractivity (Wildman–Crippen MR) is 89.6 cm³/mol. The maximum absolute atomic E-state index is 12.1. The van der Waals surface area contributed by atoms with Gasteiger partial charge in [0.05, 0.1) is 17.6 Å². The molecule has 25 heavy (non-hydrogen) atoms. The summed E-state index contributed by atoms with van der Waals surface area (Å²) in [6.07, 6.45) is -1.08. The van der Waals surface area contributed by atoms with Gasteiger partial charge in [-0.15, -0.1) is 0 Å². The number of carbonyl (C=O) groups excluding carboxylic acids is 2. The summed E-state index contributed by atoms with van der Waals surface area (Å²) in [5.74, 6) is -1.33. The van der Waals surface area contributed by atoms with Crippen LogP contribution >= 0.6 is 0 Å². The molecule has 0 saturated carbocycles. The number of benzene rings is 2. The third-order valence-electron chi connectivity index (χ3n) is 3.31. The second-order valence-electron chi connectivity index (χ2n) is 5.05. The van der Waals surface area contributed by atoms with Crippen LogP contribution in [0.2, 0.25) is 0 Å². The maximum atomic E-state index is 12.1. The Kier molecular flexibility index (Phi) is 5.67. The number of amides is 1. The molecule has 2 aromatic rings. The van der Waals surface area contributed by atoms with E-state index in [4.69, 9.17) is 9.47 Å². The van der Waals surface area contributed by atoms with Crippen LogP contribution in [-0.2, 0) is 9.53 Å². The van der Waals surface area contributed by atoms with Crippen LogP contribution in [0, 0.1) is 10.1 Å². The van der Waals surface area contributed by atoms with E-state index in [2.05, 4.69) is 5.32 Å². The fourth-order valence-corrected chi connectivity index (χ4v) is 2.01. The lowest BCUT2D eigenvalue weighted by atomic mass is 10.2. The number of nitrogens with zero attached hydrogens (tertiary/aromatic N) is 1. The van der Waals surface area contributed by atoms with Crippen LogP contribution in [-0.4, -0.2) is 30.0 Å². The van der Waals surface area contributed by atoms with Gasteiger partial charge in [0.1, 0.15) is 0 Å². The molecule has 0 aliphatic heterocycles. The first kappa shape index (κ1) is 17.9. The minimum absolute atomic E-state index is 0.0245. The molecule has 8 heteroatoms. The predicted octanol–water partition coefficient (Wildman–Crippen LogP) is 2.79. The van der Waals surface area contributed by atoms with Gasteiger partial charge in [0.2, 0.25) is 0 Å². The number of esters is 1. The van der Waals surface area contributed by atoms with Crippen molar-refractivity contribution in [2.45, 2.75) is 13.0 Å². The van der Waals surface area contributed by atoms with Crippen molar-refractivity contribution in [3.8, 4) is 5.75 Å². The number of ether oxygens (including phenoxy) is 2. The average molecular weight is 344 g/mol. The number of rotatable bonds is 6. The zero-order valence-corrected chi connectivity index (χ0v) is 13.6. The van der Waals surface area contributed by atoms with Gasteiger partial charge < -0.3 is 14.8 Å². The second-order valence-corrected chi connectivity index (χ2v) is 5.05. The Hall–Kier alpha value is -3.42. The number of hydrogen-bond donors (Lipinski definition) is 1. The third kappa shape index (κ3) is 4.54. The molecule has 8 nitrogen and oxygen atoms in total. The standard InChI is InChI=1S/C17H16N2O6/c1-11(16(20)18-13-6-4-3-5-7-13)25-17(21)12-8-9-15(24-2)14(10-12)19(22)23/h3-11H,1-2H3,(H,18,20). The van der Waals surface area contributed by atoms with E-state index in [1.165, 1.54) is 26.2 Å². The normalized spacial score (nSPS) is 11.3. The minimum atomic E-state index is -1.08. The van der Waals surface area contributed by atoms with Gasteiger partial charge in [-0.1, -0.05) is 18.2 Å². The van der Waals surface area contributed by atoms with E-state index in [9.17, 15) is 19.7 Å². The lowest BCUT2D eigenvalue weighted by molar-refractivity contribution is -0.385. The molecule has 0 bridgehead atoms. The van der Waals surface area contributed by atoms with Gasteiger partial charge in [-0.3, -0.25) is 14.9 Å². The van der Waals surface area contributed by atoms with Gasteiger partial charge in [-0.25, -0.2) is 4.79 Å². The highest BCUT2D eigenvalue weighted by atomic mass is 16.6. The van der Waals surface area contributed by atoms with Crippen LogP contribution in [0.4, 0.5) is 11.4 Å². The van der Waals surface area contributed by atoms with Gasteiger partial charge in [0, 0.05) is 11.8 Å². The molecule has 1 atom stereocenters. The van der Waals surface area contributed by atoms with E-state index < -0.39 is 22.9 Å². The largest absolute Gasteiger partial charge is 0.490 e. The summed E-state index contributed by atoms with van der Waals surface area (Å²) in [4.78, 5) is 34.5. The van der Waals surface area contributed by atoms with E-state index >= 15 is 0 Å². The summed E-state index contributed by atoms with van der Waals surface area (Å²) in [5, 5.41) is 13.6. The quantitative estimate of drug-likeness (QED) is 0.490. The fourth-order valence-electron chi connectivity index (χ4n) is 2.01. The van der Waals surface area contributed by atoms with Crippen LogP contribution in [0.15, 0.2) is 48.5 Å². The second kappa shape index (κ2) is 7.91. The molecule has 0 radical (unpaired) electrons. The van der Waals surface area contributed by atoms with E-state index in [0.717, 1.165) is 6.07 Å². The highest BCUT2D eigenvalue weighted by Gasteiger charge is 2.22. The molecule has 0 aromatic heterocycles. The Morgan fingerprint density at radius 3 is 2.44 bits per heavy atom. The van der Waals surface area contributed by atoms with Gasteiger partial charge >= 0.3 is 11.7 Å². The molecule has 2 rings (SSSR count). The van der Waals surface area contributed by atoms with E-state index in [-0.39, 0.29) is 17.0 Å². The fraction of sp³-hybridized carbons (Fsp3) is 0.176. The molecule has 1 unspecified atom stereocenters. The van der Waals surface area contributed by atoms with Crippen molar-refractivity contribution in [1.29, 1.82) is 0 Å². The first-order valence-electron chi connectivity index (χ1n) is 7.31. The summed E-state index contributed by atoms with van der Waals surface area (Å²) in [6, 6.07) is 12.4. The van der Waals surface area contributed by atoms with Gasteiger partial charge in [0.15, 0.2) is 11.9 Å². The Morgan fingerprint density at radius 2 is 1.84 bits per heavy atom. The van der Waals surface area contributed by atoms with Crippen molar-refractivity contribution in [2.75, 3.05) is 12.4 Å². The Bertz CT molecular complexity index is 791. The van der Waals surface area contributed by atoms with Crippen LogP contribution in [0.1, 0.15) is 17.3 Å².